The van der Waals surface area contributed by atoms with E-state index in [2.05, 4.69) is 29.1 Å². The molecule has 0 aromatic carbocycles. The summed E-state index contributed by atoms with van der Waals surface area (Å²) in [5, 5.41) is 4.15. The number of hydrogen-bond acceptors (Lipinski definition) is 3. The predicted molar refractivity (Wildman–Crippen MR) is 85.3 cm³/mol. The third-order valence-electron chi connectivity index (χ3n) is 4.21. The van der Waals surface area contributed by atoms with E-state index in [1.165, 1.54) is 32.1 Å². The van der Waals surface area contributed by atoms with Crippen LogP contribution in [0.1, 0.15) is 64.6 Å². The Kier molecular flexibility index (Phi) is 6.08. The van der Waals surface area contributed by atoms with Gasteiger partial charge >= 0.3 is 0 Å². The lowest BCUT2D eigenvalue weighted by Gasteiger charge is -2.30. The highest BCUT2D eigenvalue weighted by molar-refractivity contribution is 6.29. The van der Waals surface area contributed by atoms with Gasteiger partial charge in [-0.15, -0.1) is 0 Å². The van der Waals surface area contributed by atoms with Crippen LogP contribution in [-0.4, -0.2) is 16.0 Å². The molecule has 4 heteroatoms. The van der Waals surface area contributed by atoms with Gasteiger partial charge in [0, 0.05) is 18.5 Å². The van der Waals surface area contributed by atoms with Gasteiger partial charge in [-0.2, -0.15) is 0 Å². The fraction of sp³-hybridized carbons (Fsp3) is 0.750. The van der Waals surface area contributed by atoms with Gasteiger partial charge in [0.25, 0.3) is 0 Å². The summed E-state index contributed by atoms with van der Waals surface area (Å²) in [4.78, 5) is 8.88. The molecule has 1 unspecified atom stereocenters. The lowest BCUT2D eigenvalue weighted by Crippen LogP contribution is -2.30. The van der Waals surface area contributed by atoms with Gasteiger partial charge in [-0.3, -0.25) is 0 Å². The van der Waals surface area contributed by atoms with E-state index in [-0.39, 0.29) is 0 Å². The van der Waals surface area contributed by atoms with Gasteiger partial charge in [-0.25, -0.2) is 9.97 Å². The molecule has 1 aliphatic carbocycles. The fourth-order valence-electron chi connectivity index (χ4n) is 3.15. The van der Waals surface area contributed by atoms with Crippen LogP contribution in [0, 0.1) is 5.92 Å². The molecule has 0 amide bonds. The number of anilines is 1. The normalized spacial score (nSPS) is 17.9. The number of aromatic nitrogens is 2. The molecule has 1 aromatic rings. The molecule has 0 aliphatic heterocycles. The molecule has 0 bridgehead atoms. The van der Waals surface area contributed by atoms with Crippen molar-refractivity contribution in [3.05, 3.63) is 17.0 Å². The molecule has 0 saturated heterocycles. The summed E-state index contributed by atoms with van der Waals surface area (Å²) < 4.78 is 0. The zero-order chi connectivity index (χ0) is 14.4. The molecule has 112 valence electrons. The zero-order valence-corrected chi connectivity index (χ0v) is 13.4. The van der Waals surface area contributed by atoms with Gasteiger partial charge in [0.05, 0.1) is 0 Å². The topological polar surface area (TPSA) is 37.8 Å². The van der Waals surface area contributed by atoms with Crippen molar-refractivity contribution in [3.8, 4) is 0 Å². The summed E-state index contributed by atoms with van der Waals surface area (Å²) in [6.45, 7) is 4.39. The van der Waals surface area contributed by atoms with E-state index < -0.39 is 0 Å². The van der Waals surface area contributed by atoms with Crippen molar-refractivity contribution in [1.29, 1.82) is 0 Å². The molecule has 1 saturated carbocycles. The van der Waals surface area contributed by atoms with E-state index in [0.717, 1.165) is 36.8 Å². The second-order valence-corrected chi connectivity index (χ2v) is 6.19. The first-order valence-corrected chi connectivity index (χ1v) is 8.40. The van der Waals surface area contributed by atoms with Crippen LogP contribution >= 0.6 is 11.6 Å². The summed E-state index contributed by atoms with van der Waals surface area (Å²) >= 11 is 6.11. The summed E-state index contributed by atoms with van der Waals surface area (Å²) in [7, 11) is 0. The first kappa shape index (κ1) is 15.6. The van der Waals surface area contributed by atoms with Crippen LogP contribution in [0.4, 0.5) is 5.82 Å². The maximum atomic E-state index is 6.11. The van der Waals surface area contributed by atoms with Crippen molar-refractivity contribution in [1.82, 2.24) is 9.97 Å². The maximum absolute atomic E-state index is 6.11. The van der Waals surface area contributed by atoms with E-state index >= 15 is 0 Å². The number of nitrogens with zero attached hydrogens (tertiary/aromatic N) is 2. The van der Waals surface area contributed by atoms with Crippen molar-refractivity contribution in [2.45, 2.75) is 71.3 Å². The van der Waals surface area contributed by atoms with Gasteiger partial charge in [-0.05, 0) is 31.6 Å². The Bertz CT molecular complexity index is 416. The van der Waals surface area contributed by atoms with Crippen LogP contribution < -0.4 is 5.32 Å². The van der Waals surface area contributed by atoms with Gasteiger partial charge in [0.1, 0.15) is 16.8 Å². The van der Waals surface area contributed by atoms with Crippen molar-refractivity contribution in [3.63, 3.8) is 0 Å². The highest BCUT2D eigenvalue weighted by atomic mass is 35.5. The lowest BCUT2D eigenvalue weighted by atomic mass is 9.83. The van der Waals surface area contributed by atoms with Crippen molar-refractivity contribution >= 4 is 17.4 Å². The van der Waals surface area contributed by atoms with E-state index in [1.807, 2.05) is 6.07 Å². The highest BCUT2D eigenvalue weighted by Gasteiger charge is 2.22. The molecular formula is C16H26ClN3. The van der Waals surface area contributed by atoms with E-state index in [1.54, 1.807) is 0 Å². The smallest absolute Gasteiger partial charge is 0.134 e. The first-order valence-electron chi connectivity index (χ1n) is 8.03. The molecular weight excluding hydrogens is 270 g/mol. The monoisotopic (exact) mass is 295 g/mol. The number of rotatable bonds is 6. The summed E-state index contributed by atoms with van der Waals surface area (Å²) in [6.07, 6.45) is 9.87. The zero-order valence-electron chi connectivity index (χ0n) is 12.7. The average Bonchev–Trinajstić information content (AvgIpc) is 2.45. The largest absolute Gasteiger partial charge is 0.367 e. The molecule has 1 fully saturated rings. The van der Waals surface area contributed by atoms with Crippen LogP contribution in [0.25, 0.3) is 0 Å². The second-order valence-electron chi connectivity index (χ2n) is 5.80. The van der Waals surface area contributed by atoms with E-state index in [0.29, 0.717) is 11.2 Å². The molecule has 2 rings (SSSR count). The Hall–Kier alpha value is -0.830. The Balaban J connectivity index is 2.06. The SMILES string of the molecule is CCCc1nc(Cl)cc(NC(CC)C2CCCCC2)n1. The number of halogens is 1. The van der Waals surface area contributed by atoms with Crippen LogP contribution in [0.5, 0.6) is 0 Å². The molecule has 1 aliphatic rings. The van der Waals surface area contributed by atoms with Crippen molar-refractivity contribution < 1.29 is 0 Å². The summed E-state index contributed by atoms with van der Waals surface area (Å²) in [5.74, 6) is 2.52. The number of hydrogen-bond donors (Lipinski definition) is 1. The van der Waals surface area contributed by atoms with Crippen LogP contribution in [-0.2, 0) is 6.42 Å². The van der Waals surface area contributed by atoms with Crippen LogP contribution in [0.15, 0.2) is 6.07 Å². The number of aryl methyl sites for hydroxylation is 1. The van der Waals surface area contributed by atoms with Gasteiger partial charge in [-0.1, -0.05) is 44.7 Å². The Morgan fingerprint density at radius 3 is 2.65 bits per heavy atom. The molecule has 1 atom stereocenters. The Morgan fingerprint density at radius 2 is 2.00 bits per heavy atom. The fourth-order valence-corrected chi connectivity index (χ4v) is 3.35. The highest BCUT2D eigenvalue weighted by Crippen LogP contribution is 2.29. The molecule has 1 N–H and O–H groups in total. The van der Waals surface area contributed by atoms with Crippen LogP contribution in [0.2, 0.25) is 5.15 Å². The third-order valence-corrected chi connectivity index (χ3v) is 4.40. The minimum Gasteiger partial charge on any atom is -0.367 e. The quantitative estimate of drug-likeness (QED) is 0.762. The lowest BCUT2D eigenvalue weighted by molar-refractivity contribution is 0.312. The second kappa shape index (κ2) is 7.82. The van der Waals surface area contributed by atoms with Gasteiger partial charge < -0.3 is 5.32 Å². The van der Waals surface area contributed by atoms with Crippen molar-refractivity contribution in [2.75, 3.05) is 5.32 Å². The Labute approximate surface area is 127 Å². The summed E-state index contributed by atoms with van der Waals surface area (Å²) in [5.41, 5.74) is 0. The number of nitrogens with one attached hydrogen (secondary N) is 1. The standard InChI is InChI=1S/C16H26ClN3/c1-3-8-15-19-14(17)11-16(20-15)18-13(4-2)12-9-6-5-7-10-12/h11-13H,3-10H2,1-2H3,(H,18,19,20). The maximum Gasteiger partial charge on any atom is 0.134 e. The molecule has 0 spiro atoms. The van der Waals surface area contributed by atoms with Crippen LogP contribution in [0.3, 0.4) is 0 Å². The predicted octanol–water partition coefficient (Wildman–Crippen LogP) is 4.85. The average molecular weight is 296 g/mol. The minimum atomic E-state index is 0.510. The van der Waals surface area contributed by atoms with E-state index in [9.17, 15) is 0 Å². The van der Waals surface area contributed by atoms with Crippen molar-refractivity contribution in [2.24, 2.45) is 5.92 Å². The molecule has 3 nitrogen and oxygen atoms in total. The third kappa shape index (κ3) is 4.34. The van der Waals surface area contributed by atoms with E-state index in [4.69, 9.17) is 11.6 Å². The molecule has 1 aromatic heterocycles. The van der Waals surface area contributed by atoms with Gasteiger partial charge in [0.15, 0.2) is 0 Å². The first-order chi connectivity index (χ1) is 9.72. The minimum absolute atomic E-state index is 0.510. The summed E-state index contributed by atoms with van der Waals surface area (Å²) in [6, 6.07) is 2.36. The Morgan fingerprint density at radius 1 is 1.25 bits per heavy atom. The van der Waals surface area contributed by atoms with Gasteiger partial charge in [0.2, 0.25) is 0 Å². The molecule has 1 heterocycles. The molecule has 0 radical (unpaired) electrons. The molecule has 20 heavy (non-hydrogen) atoms.